The van der Waals surface area contributed by atoms with Crippen LogP contribution >= 0.6 is 0 Å². The summed E-state index contributed by atoms with van der Waals surface area (Å²) in [5.74, 6) is 0.608. The minimum absolute atomic E-state index is 0.608. The number of nitrogens with zero attached hydrogens (tertiary/aromatic N) is 2. The Balaban J connectivity index is 1.10. The summed E-state index contributed by atoms with van der Waals surface area (Å²) in [4.78, 5) is 7.08. The SMILES string of the molecule is c1ccc(-c2nc3cc4c(cc3o2)oc2ccc(-c3ccc(N(c5ccccc5)c5ccc6ccccc6c5)cc3)cc24)cc1. The molecular formula is C41H26N2O2. The summed E-state index contributed by atoms with van der Waals surface area (Å²) >= 11 is 0. The van der Waals surface area contributed by atoms with Crippen LogP contribution in [-0.2, 0) is 0 Å². The van der Waals surface area contributed by atoms with E-state index in [0.29, 0.717) is 11.5 Å². The van der Waals surface area contributed by atoms with E-state index in [0.717, 1.165) is 61.2 Å². The molecule has 212 valence electrons. The Hall–Kier alpha value is -6.13. The first-order chi connectivity index (χ1) is 22.3. The van der Waals surface area contributed by atoms with E-state index in [1.807, 2.05) is 36.4 Å². The van der Waals surface area contributed by atoms with Crippen LogP contribution in [0.1, 0.15) is 0 Å². The zero-order chi connectivity index (χ0) is 29.7. The molecule has 45 heavy (non-hydrogen) atoms. The van der Waals surface area contributed by atoms with E-state index in [1.54, 1.807) is 0 Å². The second kappa shape index (κ2) is 10.2. The number of hydrogen-bond acceptors (Lipinski definition) is 4. The molecule has 0 unspecified atom stereocenters. The summed E-state index contributed by atoms with van der Waals surface area (Å²) in [5.41, 5.74) is 9.69. The molecule has 0 bridgehead atoms. The number of aromatic nitrogens is 1. The van der Waals surface area contributed by atoms with E-state index < -0.39 is 0 Å². The molecule has 0 aliphatic carbocycles. The predicted molar refractivity (Wildman–Crippen MR) is 184 cm³/mol. The summed E-state index contributed by atoms with van der Waals surface area (Å²) in [5, 5.41) is 4.52. The molecule has 0 spiro atoms. The van der Waals surface area contributed by atoms with Crippen molar-refractivity contribution in [3.63, 3.8) is 0 Å². The van der Waals surface area contributed by atoms with Crippen molar-refractivity contribution in [3.8, 4) is 22.6 Å². The van der Waals surface area contributed by atoms with Crippen LogP contribution in [0.5, 0.6) is 0 Å². The predicted octanol–water partition coefficient (Wildman–Crippen LogP) is 11.7. The van der Waals surface area contributed by atoms with Crippen molar-refractivity contribution in [1.82, 2.24) is 4.98 Å². The van der Waals surface area contributed by atoms with E-state index in [-0.39, 0.29) is 0 Å². The highest BCUT2D eigenvalue weighted by Gasteiger charge is 2.16. The molecule has 0 fully saturated rings. The van der Waals surface area contributed by atoms with E-state index in [4.69, 9.17) is 13.8 Å². The molecule has 2 aromatic heterocycles. The lowest BCUT2D eigenvalue weighted by atomic mass is 10.0. The maximum atomic E-state index is 6.25. The van der Waals surface area contributed by atoms with Gasteiger partial charge in [0.25, 0.3) is 0 Å². The van der Waals surface area contributed by atoms with E-state index in [2.05, 4.69) is 126 Å². The fourth-order valence-electron chi connectivity index (χ4n) is 6.22. The monoisotopic (exact) mass is 578 g/mol. The Bertz CT molecular complexity index is 2480. The molecule has 0 saturated heterocycles. The Morgan fingerprint density at radius 2 is 1.07 bits per heavy atom. The maximum absolute atomic E-state index is 6.25. The fourth-order valence-corrected chi connectivity index (χ4v) is 6.22. The highest BCUT2D eigenvalue weighted by atomic mass is 16.4. The molecule has 7 aromatic carbocycles. The topological polar surface area (TPSA) is 42.4 Å². The Morgan fingerprint density at radius 3 is 1.89 bits per heavy atom. The average molecular weight is 579 g/mol. The molecule has 9 aromatic rings. The van der Waals surface area contributed by atoms with Gasteiger partial charge in [0.15, 0.2) is 5.58 Å². The number of para-hydroxylation sites is 1. The maximum Gasteiger partial charge on any atom is 0.227 e. The number of fused-ring (bicyclic) bond motifs is 5. The number of rotatable bonds is 5. The molecule has 4 nitrogen and oxygen atoms in total. The third-order valence-electron chi connectivity index (χ3n) is 8.46. The lowest BCUT2D eigenvalue weighted by Gasteiger charge is -2.26. The van der Waals surface area contributed by atoms with Crippen molar-refractivity contribution >= 4 is 60.9 Å². The normalized spacial score (nSPS) is 11.6. The van der Waals surface area contributed by atoms with Gasteiger partial charge in [0.2, 0.25) is 5.89 Å². The van der Waals surface area contributed by atoms with Gasteiger partial charge in [-0.25, -0.2) is 4.98 Å². The van der Waals surface area contributed by atoms with Crippen molar-refractivity contribution in [2.45, 2.75) is 0 Å². The van der Waals surface area contributed by atoms with Crippen LogP contribution in [-0.4, -0.2) is 4.98 Å². The van der Waals surface area contributed by atoms with Gasteiger partial charge in [-0.15, -0.1) is 0 Å². The Labute approximate surface area is 259 Å². The zero-order valence-electron chi connectivity index (χ0n) is 24.2. The standard InChI is InChI=1S/C41H26N2O2/c1-3-10-29(11-4-1)41-42-37-25-36-35-24-31(18-22-38(35)44-39(36)26-40(37)45-41)28-15-19-33(20-16-28)43(32-13-5-2-6-14-32)34-21-17-27-9-7-8-12-30(27)23-34/h1-26H. The molecule has 0 N–H and O–H groups in total. The Morgan fingerprint density at radius 1 is 0.400 bits per heavy atom. The van der Waals surface area contributed by atoms with Gasteiger partial charge in [-0.1, -0.05) is 84.9 Å². The molecular weight excluding hydrogens is 552 g/mol. The molecule has 0 radical (unpaired) electrons. The summed E-state index contributed by atoms with van der Waals surface area (Å²) in [6.45, 7) is 0. The summed E-state index contributed by atoms with van der Waals surface area (Å²) < 4.78 is 12.3. The molecule has 4 heteroatoms. The number of furan rings is 1. The second-order valence-electron chi connectivity index (χ2n) is 11.3. The second-order valence-corrected chi connectivity index (χ2v) is 11.3. The molecule has 0 aliphatic rings. The minimum atomic E-state index is 0.608. The van der Waals surface area contributed by atoms with Crippen molar-refractivity contribution in [2.75, 3.05) is 4.90 Å². The zero-order valence-corrected chi connectivity index (χ0v) is 24.2. The van der Waals surface area contributed by atoms with Gasteiger partial charge >= 0.3 is 0 Å². The van der Waals surface area contributed by atoms with Crippen molar-refractivity contribution in [3.05, 3.63) is 158 Å². The van der Waals surface area contributed by atoms with Gasteiger partial charge in [0.05, 0.1) is 0 Å². The third kappa shape index (κ3) is 4.43. The molecule has 2 heterocycles. The molecule has 0 aliphatic heterocycles. The highest BCUT2D eigenvalue weighted by Crippen LogP contribution is 2.39. The van der Waals surface area contributed by atoms with Gasteiger partial charge in [0, 0.05) is 39.5 Å². The molecule has 0 saturated carbocycles. The largest absolute Gasteiger partial charge is 0.456 e. The van der Waals surface area contributed by atoms with Crippen LogP contribution in [0.25, 0.3) is 66.4 Å². The van der Waals surface area contributed by atoms with E-state index >= 15 is 0 Å². The third-order valence-corrected chi connectivity index (χ3v) is 8.46. The van der Waals surface area contributed by atoms with Crippen molar-refractivity contribution < 1.29 is 8.83 Å². The lowest BCUT2D eigenvalue weighted by Crippen LogP contribution is -2.09. The average Bonchev–Trinajstić information content (AvgIpc) is 3.69. The van der Waals surface area contributed by atoms with Crippen LogP contribution in [0.2, 0.25) is 0 Å². The number of hydrogen-bond donors (Lipinski definition) is 0. The lowest BCUT2D eigenvalue weighted by molar-refractivity contribution is 0.617. The molecule has 0 atom stereocenters. The van der Waals surface area contributed by atoms with Crippen molar-refractivity contribution in [2.24, 2.45) is 0 Å². The molecule has 9 rings (SSSR count). The van der Waals surface area contributed by atoms with Gasteiger partial charge in [-0.05, 0) is 88.6 Å². The highest BCUT2D eigenvalue weighted by molar-refractivity contribution is 6.10. The number of oxazole rings is 1. The van der Waals surface area contributed by atoms with Crippen LogP contribution in [0.4, 0.5) is 17.1 Å². The van der Waals surface area contributed by atoms with Crippen LogP contribution in [0.3, 0.4) is 0 Å². The van der Waals surface area contributed by atoms with Gasteiger partial charge in [-0.3, -0.25) is 0 Å². The van der Waals surface area contributed by atoms with Crippen LogP contribution in [0.15, 0.2) is 167 Å². The van der Waals surface area contributed by atoms with Crippen LogP contribution in [0, 0.1) is 0 Å². The van der Waals surface area contributed by atoms with Crippen molar-refractivity contribution in [1.29, 1.82) is 0 Å². The summed E-state index contributed by atoms with van der Waals surface area (Å²) in [6, 6.07) is 54.8. The summed E-state index contributed by atoms with van der Waals surface area (Å²) in [7, 11) is 0. The number of anilines is 3. The van der Waals surface area contributed by atoms with Gasteiger partial charge in [0.1, 0.15) is 16.7 Å². The van der Waals surface area contributed by atoms with Crippen LogP contribution < -0.4 is 4.90 Å². The minimum Gasteiger partial charge on any atom is -0.456 e. The quantitative estimate of drug-likeness (QED) is 0.204. The molecule has 0 amide bonds. The Kier molecular flexibility index (Phi) is 5.78. The van der Waals surface area contributed by atoms with E-state index in [1.165, 1.54) is 10.8 Å². The smallest absolute Gasteiger partial charge is 0.227 e. The first-order valence-electron chi connectivity index (χ1n) is 15.0. The first kappa shape index (κ1) is 25.4. The first-order valence-corrected chi connectivity index (χ1v) is 15.0. The number of benzene rings is 7. The fraction of sp³-hybridized carbons (Fsp3) is 0. The van der Waals surface area contributed by atoms with Gasteiger partial charge in [-0.2, -0.15) is 0 Å². The summed E-state index contributed by atoms with van der Waals surface area (Å²) in [6.07, 6.45) is 0. The van der Waals surface area contributed by atoms with Gasteiger partial charge < -0.3 is 13.7 Å². The van der Waals surface area contributed by atoms with E-state index in [9.17, 15) is 0 Å².